The average molecular weight is 479 g/mol. The van der Waals surface area contributed by atoms with Gasteiger partial charge in [-0.2, -0.15) is 0 Å². The van der Waals surface area contributed by atoms with Gasteiger partial charge in [-0.15, -0.1) is 0 Å². The van der Waals surface area contributed by atoms with Crippen LogP contribution in [0.15, 0.2) is 36.4 Å². The lowest BCUT2D eigenvalue weighted by Gasteiger charge is -2.24. The van der Waals surface area contributed by atoms with Crippen LogP contribution >= 0.6 is 11.6 Å². The van der Waals surface area contributed by atoms with E-state index in [1.165, 1.54) is 19.3 Å². The van der Waals surface area contributed by atoms with E-state index in [2.05, 4.69) is 10.0 Å². The maximum absolute atomic E-state index is 12.6. The molecule has 0 saturated heterocycles. The lowest BCUT2D eigenvalue weighted by atomic mass is 9.84. The van der Waals surface area contributed by atoms with Crippen LogP contribution in [0, 0.1) is 6.92 Å². The van der Waals surface area contributed by atoms with Crippen molar-refractivity contribution in [2.24, 2.45) is 0 Å². The van der Waals surface area contributed by atoms with Crippen LogP contribution in [0.4, 0.5) is 11.4 Å². The van der Waals surface area contributed by atoms with E-state index < -0.39 is 10.0 Å². The molecule has 0 aromatic heterocycles. The molecule has 2 aromatic carbocycles. The minimum absolute atomic E-state index is 0.0429. The van der Waals surface area contributed by atoms with Gasteiger partial charge in [-0.25, -0.2) is 8.42 Å². The van der Waals surface area contributed by atoms with Crippen molar-refractivity contribution in [3.05, 3.63) is 52.5 Å². The lowest BCUT2D eigenvalue weighted by molar-refractivity contribution is -0.118. The monoisotopic (exact) mass is 478 g/mol. The molecule has 1 aliphatic rings. The Morgan fingerprint density at radius 1 is 1.12 bits per heavy atom. The normalized spacial score (nSPS) is 14.7. The number of rotatable bonds is 9. The lowest BCUT2D eigenvalue weighted by Crippen LogP contribution is -2.22. The minimum atomic E-state index is -3.42. The topological polar surface area (TPSA) is 84.5 Å². The fourth-order valence-corrected chi connectivity index (χ4v) is 5.46. The van der Waals surface area contributed by atoms with E-state index in [9.17, 15) is 13.2 Å². The molecule has 1 saturated carbocycles. The smallest absolute Gasteiger partial charge is 0.262 e. The Morgan fingerprint density at radius 2 is 1.84 bits per heavy atom. The maximum atomic E-state index is 12.6. The van der Waals surface area contributed by atoms with Crippen molar-refractivity contribution < 1.29 is 17.9 Å². The third-order valence-electron chi connectivity index (χ3n) is 5.72. The van der Waals surface area contributed by atoms with Gasteiger partial charge in [0.25, 0.3) is 5.91 Å². The summed E-state index contributed by atoms with van der Waals surface area (Å²) in [5.41, 5.74) is 2.71. The van der Waals surface area contributed by atoms with Gasteiger partial charge in [0.1, 0.15) is 5.75 Å². The first-order valence-corrected chi connectivity index (χ1v) is 13.1. The number of nitrogens with one attached hydrogen (secondary N) is 2. The summed E-state index contributed by atoms with van der Waals surface area (Å²) in [6, 6.07) is 10.7. The number of ether oxygens (including phenoxy) is 1. The van der Waals surface area contributed by atoms with E-state index >= 15 is 0 Å². The van der Waals surface area contributed by atoms with Crippen molar-refractivity contribution in [1.29, 1.82) is 0 Å². The molecule has 1 fully saturated rings. The summed E-state index contributed by atoms with van der Waals surface area (Å²) in [6.45, 7) is 3.43. The molecule has 0 radical (unpaired) electrons. The number of hydrogen-bond acceptors (Lipinski definition) is 4. The highest BCUT2D eigenvalue weighted by molar-refractivity contribution is 7.92. The molecule has 3 rings (SSSR count). The van der Waals surface area contributed by atoms with E-state index in [1.54, 1.807) is 31.2 Å². The summed E-state index contributed by atoms with van der Waals surface area (Å²) < 4.78 is 32.7. The molecule has 8 heteroatoms. The Kier molecular flexibility index (Phi) is 8.43. The SMILES string of the molecule is CCCS(=O)(=O)Nc1cccc(NC(=O)COc2ccc(Cl)cc2C2CCCCC2)c1C. The van der Waals surface area contributed by atoms with Crippen LogP contribution in [-0.2, 0) is 14.8 Å². The number of anilines is 2. The van der Waals surface area contributed by atoms with Crippen LogP contribution in [0.5, 0.6) is 5.75 Å². The van der Waals surface area contributed by atoms with Crippen LogP contribution < -0.4 is 14.8 Å². The van der Waals surface area contributed by atoms with Gasteiger partial charge in [-0.05, 0) is 73.6 Å². The number of amides is 1. The van der Waals surface area contributed by atoms with Gasteiger partial charge in [0.15, 0.2) is 6.61 Å². The van der Waals surface area contributed by atoms with Crippen LogP contribution in [-0.4, -0.2) is 26.7 Å². The van der Waals surface area contributed by atoms with Crippen molar-refractivity contribution >= 4 is 38.9 Å². The van der Waals surface area contributed by atoms with Gasteiger partial charge in [0, 0.05) is 10.7 Å². The van der Waals surface area contributed by atoms with Crippen LogP contribution in [0.25, 0.3) is 0 Å². The van der Waals surface area contributed by atoms with Gasteiger partial charge in [0.2, 0.25) is 10.0 Å². The molecule has 2 aromatic rings. The number of carbonyl (C=O) groups excluding carboxylic acids is 1. The van der Waals surface area contributed by atoms with E-state index in [-0.39, 0.29) is 18.3 Å². The molecule has 0 spiro atoms. The summed E-state index contributed by atoms with van der Waals surface area (Å²) in [5, 5.41) is 3.49. The van der Waals surface area contributed by atoms with Crippen LogP contribution in [0.1, 0.15) is 62.5 Å². The Balaban J connectivity index is 1.66. The predicted molar refractivity (Wildman–Crippen MR) is 130 cm³/mol. The molecule has 1 aliphatic carbocycles. The molecule has 32 heavy (non-hydrogen) atoms. The molecule has 1 amide bonds. The predicted octanol–water partition coefficient (Wildman–Crippen LogP) is 5.87. The molecular formula is C24H31ClN2O4S. The first-order chi connectivity index (χ1) is 15.3. The molecule has 0 unspecified atom stereocenters. The molecule has 6 nitrogen and oxygen atoms in total. The maximum Gasteiger partial charge on any atom is 0.262 e. The van der Waals surface area contributed by atoms with E-state index in [1.807, 2.05) is 19.1 Å². The molecule has 174 valence electrons. The highest BCUT2D eigenvalue weighted by Gasteiger charge is 2.20. The van der Waals surface area contributed by atoms with E-state index in [0.29, 0.717) is 40.0 Å². The Morgan fingerprint density at radius 3 is 2.56 bits per heavy atom. The Labute approximate surface area is 195 Å². The summed E-state index contributed by atoms with van der Waals surface area (Å²) in [5.74, 6) is 0.817. The number of benzene rings is 2. The highest BCUT2D eigenvalue weighted by atomic mass is 35.5. The molecular weight excluding hydrogens is 448 g/mol. The van der Waals surface area contributed by atoms with Crippen LogP contribution in [0.2, 0.25) is 5.02 Å². The molecule has 0 atom stereocenters. The molecule has 0 bridgehead atoms. The second kappa shape index (κ2) is 11.1. The first-order valence-electron chi connectivity index (χ1n) is 11.1. The summed E-state index contributed by atoms with van der Waals surface area (Å²) in [4.78, 5) is 12.6. The average Bonchev–Trinajstić information content (AvgIpc) is 2.76. The third kappa shape index (κ3) is 6.62. The van der Waals surface area contributed by atoms with Crippen LogP contribution in [0.3, 0.4) is 0 Å². The summed E-state index contributed by atoms with van der Waals surface area (Å²) in [7, 11) is -3.42. The number of hydrogen-bond donors (Lipinski definition) is 2. The van der Waals surface area contributed by atoms with Gasteiger partial charge < -0.3 is 10.1 Å². The number of sulfonamides is 1. The minimum Gasteiger partial charge on any atom is -0.483 e. The summed E-state index contributed by atoms with van der Waals surface area (Å²) in [6.07, 6.45) is 6.35. The molecule has 0 heterocycles. The third-order valence-corrected chi connectivity index (χ3v) is 7.43. The van der Waals surface area contributed by atoms with Crippen molar-refractivity contribution in [1.82, 2.24) is 0 Å². The summed E-state index contributed by atoms with van der Waals surface area (Å²) >= 11 is 6.22. The highest BCUT2D eigenvalue weighted by Crippen LogP contribution is 2.38. The van der Waals surface area contributed by atoms with Crippen molar-refractivity contribution in [2.45, 2.75) is 58.3 Å². The van der Waals surface area contributed by atoms with E-state index in [4.69, 9.17) is 16.3 Å². The van der Waals surface area contributed by atoms with Crippen molar-refractivity contribution in [2.75, 3.05) is 22.4 Å². The Bertz CT molecular complexity index is 1050. The Hall–Kier alpha value is -2.25. The zero-order valence-corrected chi connectivity index (χ0v) is 20.2. The molecule has 0 aliphatic heterocycles. The second-order valence-electron chi connectivity index (χ2n) is 8.25. The standard InChI is InChI=1S/C24H31ClN2O4S/c1-3-14-32(29,30)27-22-11-7-10-21(17(22)2)26-24(28)16-31-23-13-12-19(25)15-20(23)18-8-5-4-6-9-18/h7,10-13,15,18,27H,3-6,8-9,14,16H2,1-2H3,(H,26,28). The zero-order valence-electron chi connectivity index (χ0n) is 18.6. The fourth-order valence-electron chi connectivity index (χ4n) is 4.08. The van der Waals surface area contributed by atoms with Crippen molar-refractivity contribution in [3.8, 4) is 5.75 Å². The molecule has 2 N–H and O–H groups in total. The second-order valence-corrected chi connectivity index (χ2v) is 10.5. The number of halogens is 1. The largest absolute Gasteiger partial charge is 0.483 e. The quantitative estimate of drug-likeness (QED) is 0.472. The fraction of sp³-hybridized carbons (Fsp3) is 0.458. The van der Waals surface area contributed by atoms with Gasteiger partial charge in [-0.3, -0.25) is 9.52 Å². The van der Waals surface area contributed by atoms with Crippen molar-refractivity contribution in [3.63, 3.8) is 0 Å². The van der Waals surface area contributed by atoms with Gasteiger partial charge in [0.05, 0.1) is 11.4 Å². The van der Waals surface area contributed by atoms with Gasteiger partial charge in [-0.1, -0.05) is 43.9 Å². The first kappa shape index (κ1) is 24.4. The zero-order chi connectivity index (χ0) is 23.1. The van der Waals surface area contributed by atoms with E-state index in [0.717, 1.165) is 18.4 Å². The van der Waals surface area contributed by atoms with Gasteiger partial charge >= 0.3 is 0 Å². The number of carbonyl (C=O) groups is 1.